The maximum Gasteiger partial charge on any atom is 0.407 e. The monoisotopic (exact) mass is 244 g/mol. The fourth-order valence-corrected chi connectivity index (χ4v) is 1.29. The Balaban J connectivity index is 4.28. The maximum atomic E-state index is 11.8. The van der Waals surface area contributed by atoms with E-state index in [1.54, 1.807) is 48.7 Å². The molecule has 0 spiro atoms. The van der Waals surface area contributed by atoms with E-state index in [1.165, 1.54) is 4.90 Å². The molecule has 0 rings (SSSR count). The Bertz CT molecular complexity index is 291. The maximum absolute atomic E-state index is 11.8. The molecule has 0 fully saturated rings. The van der Waals surface area contributed by atoms with Crippen molar-refractivity contribution >= 4 is 12.0 Å². The van der Waals surface area contributed by atoms with Gasteiger partial charge in [0.25, 0.3) is 0 Å². The highest BCUT2D eigenvalue weighted by Gasteiger charge is 2.30. The first-order valence-electron chi connectivity index (χ1n) is 5.64. The molecule has 0 aliphatic rings. The average molecular weight is 244 g/mol. The zero-order chi connectivity index (χ0) is 13.9. The second-order valence-electron chi connectivity index (χ2n) is 5.94. The molecular formula is C12H24N2O3. The van der Waals surface area contributed by atoms with Crippen molar-refractivity contribution in [1.29, 1.82) is 0 Å². The largest absolute Gasteiger partial charge is 0.444 e. The molecule has 0 aliphatic carbocycles. The number of hydrogen-bond donors (Lipinski definition) is 1. The number of carbonyl (C=O) groups excluding carboxylic acids is 2. The van der Waals surface area contributed by atoms with E-state index in [4.69, 9.17) is 4.74 Å². The first-order chi connectivity index (χ1) is 7.46. The molecule has 0 heterocycles. The van der Waals surface area contributed by atoms with Crippen molar-refractivity contribution in [2.75, 3.05) is 20.6 Å². The lowest BCUT2D eigenvalue weighted by Crippen LogP contribution is -2.45. The number of carbonyl (C=O) groups is 2. The fraction of sp³-hybridized carbons (Fsp3) is 0.833. The lowest BCUT2D eigenvalue weighted by atomic mass is 9.92. The van der Waals surface area contributed by atoms with Crippen LogP contribution in [0.25, 0.3) is 0 Å². The van der Waals surface area contributed by atoms with Crippen molar-refractivity contribution in [3.63, 3.8) is 0 Å². The summed E-state index contributed by atoms with van der Waals surface area (Å²) >= 11 is 0. The minimum Gasteiger partial charge on any atom is -0.444 e. The van der Waals surface area contributed by atoms with E-state index in [9.17, 15) is 9.59 Å². The van der Waals surface area contributed by atoms with Crippen LogP contribution in [0.3, 0.4) is 0 Å². The van der Waals surface area contributed by atoms with Crippen LogP contribution in [0.1, 0.15) is 34.6 Å². The van der Waals surface area contributed by atoms with Crippen LogP contribution in [0.15, 0.2) is 0 Å². The predicted octanol–water partition coefficient (Wildman–Crippen LogP) is 1.63. The van der Waals surface area contributed by atoms with E-state index in [0.29, 0.717) is 0 Å². The van der Waals surface area contributed by atoms with E-state index in [0.717, 1.165) is 0 Å². The van der Waals surface area contributed by atoms with E-state index in [2.05, 4.69) is 5.32 Å². The van der Waals surface area contributed by atoms with E-state index in [1.807, 2.05) is 0 Å². The Kier molecular flexibility index (Phi) is 4.98. The van der Waals surface area contributed by atoms with Gasteiger partial charge in [-0.05, 0) is 34.6 Å². The number of amides is 2. The molecule has 0 bridgehead atoms. The first-order valence-corrected chi connectivity index (χ1v) is 5.64. The number of alkyl carbamates (subject to hydrolysis) is 1. The molecule has 100 valence electrons. The van der Waals surface area contributed by atoms with Gasteiger partial charge in [0, 0.05) is 20.6 Å². The Morgan fingerprint density at radius 1 is 1.12 bits per heavy atom. The van der Waals surface area contributed by atoms with Crippen LogP contribution < -0.4 is 5.32 Å². The van der Waals surface area contributed by atoms with Crippen molar-refractivity contribution in [2.24, 2.45) is 5.41 Å². The number of hydrogen-bond acceptors (Lipinski definition) is 3. The van der Waals surface area contributed by atoms with Gasteiger partial charge in [0.15, 0.2) is 0 Å². The Morgan fingerprint density at radius 3 is 1.94 bits per heavy atom. The smallest absolute Gasteiger partial charge is 0.407 e. The summed E-state index contributed by atoms with van der Waals surface area (Å²) in [5.74, 6) is -0.0337. The van der Waals surface area contributed by atoms with Gasteiger partial charge in [-0.3, -0.25) is 4.79 Å². The molecule has 0 aromatic carbocycles. The van der Waals surface area contributed by atoms with Crippen LogP contribution in [0.5, 0.6) is 0 Å². The van der Waals surface area contributed by atoms with E-state index in [-0.39, 0.29) is 12.5 Å². The summed E-state index contributed by atoms with van der Waals surface area (Å²) in [6.07, 6.45) is -0.503. The topological polar surface area (TPSA) is 58.6 Å². The van der Waals surface area contributed by atoms with Crippen molar-refractivity contribution in [3.8, 4) is 0 Å². The quantitative estimate of drug-likeness (QED) is 0.820. The van der Waals surface area contributed by atoms with Crippen LogP contribution in [-0.4, -0.2) is 43.1 Å². The predicted molar refractivity (Wildman–Crippen MR) is 66.7 cm³/mol. The highest BCUT2D eigenvalue weighted by Crippen LogP contribution is 2.16. The van der Waals surface area contributed by atoms with E-state index >= 15 is 0 Å². The minimum absolute atomic E-state index is 0.0337. The number of ether oxygens (including phenoxy) is 1. The van der Waals surface area contributed by atoms with Gasteiger partial charge in [0.2, 0.25) is 5.91 Å². The number of rotatable bonds is 3. The van der Waals surface area contributed by atoms with Crippen LogP contribution in [0.4, 0.5) is 4.79 Å². The molecule has 0 unspecified atom stereocenters. The van der Waals surface area contributed by atoms with E-state index < -0.39 is 17.1 Å². The Labute approximate surface area is 103 Å². The van der Waals surface area contributed by atoms with Crippen molar-refractivity contribution in [3.05, 3.63) is 0 Å². The third kappa shape index (κ3) is 6.14. The molecule has 2 amide bonds. The van der Waals surface area contributed by atoms with Gasteiger partial charge >= 0.3 is 6.09 Å². The van der Waals surface area contributed by atoms with Gasteiger partial charge in [-0.2, -0.15) is 0 Å². The lowest BCUT2D eigenvalue weighted by molar-refractivity contribution is -0.137. The van der Waals surface area contributed by atoms with Crippen molar-refractivity contribution in [2.45, 2.75) is 40.2 Å². The molecule has 0 atom stereocenters. The summed E-state index contributed by atoms with van der Waals surface area (Å²) in [6, 6.07) is 0. The molecular weight excluding hydrogens is 220 g/mol. The van der Waals surface area contributed by atoms with Crippen molar-refractivity contribution in [1.82, 2.24) is 10.2 Å². The van der Waals surface area contributed by atoms with Crippen LogP contribution in [0.2, 0.25) is 0 Å². The summed E-state index contributed by atoms with van der Waals surface area (Å²) < 4.78 is 5.10. The Morgan fingerprint density at radius 2 is 1.59 bits per heavy atom. The summed E-state index contributed by atoms with van der Waals surface area (Å²) in [5.41, 5.74) is -1.17. The molecule has 0 radical (unpaired) electrons. The molecule has 0 aromatic heterocycles. The van der Waals surface area contributed by atoms with Crippen LogP contribution in [0, 0.1) is 5.41 Å². The third-order valence-electron chi connectivity index (χ3n) is 2.06. The molecule has 0 aliphatic heterocycles. The van der Waals surface area contributed by atoms with Gasteiger partial charge in [-0.1, -0.05) is 0 Å². The fourth-order valence-electron chi connectivity index (χ4n) is 1.29. The first kappa shape index (κ1) is 15.7. The van der Waals surface area contributed by atoms with Gasteiger partial charge in [0.1, 0.15) is 5.60 Å². The lowest BCUT2D eigenvalue weighted by Gasteiger charge is -2.28. The van der Waals surface area contributed by atoms with Crippen molar-refractivity contribution < 1.29 is 14.3 Å². The average Bonchev–Trinajstić information content (AvgIpc) is 2.11. The molecule has 5 nitrogen and oxygen atoms in total. The molecule has 5 heteroatoms. The van der Waals surface area contributed by atoms with Crippen LogP contribution in [-0.2, 0) is 9.53 Å². The molecule has 0 saturated heterocycles. The second-order valence-corrected chi connectivity index (χ2v) is 5.94. The SMILES string of the molecule is CN(C)C(=O)C(C)(C)CNC(=O)OC(C)(C)C. The summed E-state index contributed by atoms with van der Waals surface area (Å²) in [4.78, 5) is 24.7. The summed E-state index contributed by atoms with van der Waals surface area (Å²) in [6.45, 7) is 9.20. The Hall–Kier alpha value is -1.26. The molecule has 1 N–H and O–H groups in total. The molecule has 0 saturated carbocycles. The third-order valence-corrected chi connectivity index (χ3v) is 2.06. The van der Waals surface area contributed by atoms with Gasteiger partial charge in [-0.15, -0.1) is 0 Å². The molecule has 0 aromatic rings. The van der Waals surface area contributed by atoms with Gasteiger partial charge in [-0.25, -0.2) is 4.79 Å². The second kappa shape index (κ2) is 5.38. The number of nitrogens with one attached hydrogen (secondary N) is 1. The highest BCUT2D eigenvalue weighted by molar-refractivity contribution is 5.82. The van der Waals surface area contributed by atoms with Crippen LogP contribution >= 0.6 is 0 Å². The normalized spacial score (nSPS) is 11.9. The minimum atomic E-state index is -0.638. The highest BCUT2D eigenvalue weighted by atomic mass is 16.6. The summed E-state index contributed by atoms with van der Waals surface area (Å²) in [7, 11) is 3.38. The standard InChI is InChI=1S/C12H24N2O3/c1-11(2,3)17-10(16)13-8-12(4,5)9(15)14(6)7/h8H2,1-7H3,(H,13,16). The molecule has 17 heavy (non-hydrogen) atoms. The van der Waals surface area contributed by atoms with Gasteiger partial charge in [0.05, 0.1) is 5.41 Å². The summed E-state index contributed by atoms with van der Waals surface area (Å²) in [5, 5.41) is 2.61. The zero-order valence-electron chi connectivity index (χ0n) is 11.9. The van der Waals surface area contributed by atoms with Gasteiger partial charge < -0.3 is 15.0 Å². The number of nitrogens with zero attached hydrogens (tertiary/aromatic N) is 1. The zero-order valence-corrected chi connectivity index (χ0v) is 11.9.